The molecule has 1 N–H and O–H groups in total. The number of alkyl halides is 3. The van der Waals surface area contributed by atoms with Gasteiger partial charge < -0.3 is 9.84 Å². The van der Waals surface area contributed by atoms with Gasteiger partial charge in [0.25, 0.3) is 0 Å². The zero-order valence-corrected chi connectivity index (χ0v) is 12.5. The molecule has 8 heteroatoms. The summed E-state index contributed by atoms with van der Waals surface area (Å²) >= 11 is 11.6. The van der Waals surface area contributed by atoms with Gasteiger partial charge in [0.1, 0.15) is 23.7 Å². The number of halogens is 6. The van der Waals surface area contributed by atoms with E-state index in [0.29, 0.717) is 9.46 Å². The molecule has 0 bridgehead atoms. The Morgan fingerprint density at radius 3 is 2.50 bits per heavy atom. The normalized spacial score (nSPS) is 11.2. The first-order chi connectivity index (χ1) is 8.21. The van der Waals surface area contributed by atoms with Gasteiger partial charge in [0, 0.05) is 6.07 Å². The second-order valence-corrected chi connectivity index (χ2v) is 6.28. The van der Waals surface area contributed by atoms with E-state index in [9.17, 15) is 18.3 Å². The lowest BCUT2D eigenvalue weighted by atomic mass is 10.2. The summed E-state index contributed by atoms with van der Waals surface area (Å²) in [6, 6.07) is 1.46. The van der Waals surface area contributed by atoms with Crippen LogP contribution >= 0.6 is 43.5 Å². The van der Waals surface area contributed by atoms with E-state index in [1.54, 1.807) is 0 Å². The van der Waals surface area contributed by atoms with Crippen molar-refractivity contribution in [1.29, 1.82) is 0 Å². The third kappa shape index (κ3) is 4.37. The Morgan fingerprint density at radius 1 is 1.39 bits per heavy atom. The first-order valence-electron chi connectivity index (χ1n) is 4.45. The fourth-order valence-electron chi connectivity index (χ4n) is 1.08. The van der Waals surface area contributed by atoms with Crippen molar-refractivity contribution in [3.8, 4) is 11.5 Å². The Bertz CT molecular complexity index is 471. The molecule has 0 heterocycles. The molecule has 1 aromatic carbocycles. The molecule has 100 valence electrons. The van der Waals surface area contributed by atoms with Gasteiger partial charge in [-0.25, -0.2) is 0 Å². The Hall–Kier alpha value is -0.400. The van der Waals surface area contributed by atoms with E-state index in [-0.39, 0.29) is 11.6 Å². The third-order valence-electron chi connectivity index (χ3n) is 1.83. The quantitative estimate of drug-likeness (QED) is 0.754. The van der Waals surface area contributed by atoms with Crippen LogP contribution in [0.1, 0.15) is 5.56 Å². The molecule has 0 aromatic heterocycles. The fourth-order valence-corrected chi connectivity index (χ4v) is 1.50. The summed E-state index contributed by atoms with van der Waals surface area (Å²) in [6.07, 6.45) is -3.16. The molecule has 0 unspecified atom stereocenters. The molecule has 18 heavy (non-hydrogen) atoms. The van der Waals surface area contributed by atoms with Gasteiger partial charge in [-0.2, -0.15) is 13.2 Å². The van der Waals surface area contributed by atoms with Crippen molar-refractivity contribution in [2.75, 3.05) is 6.61 Å². The first kappa shape index (κ1) is 15.7. The largest absolute Gasteiger partial charge is 0.506 e. The standard InChI is InChI=1S/C10H6Br2ClF3O2/c11-9(12)1-2-18-8-4-6(13)7(17)3-5(8)10(14,15)16/h1,3-4,17H,2H2. The molecule has 0 saturated heterocycles. The van der Waals surface area contributed by atoms with E-state index in [0.717, 1.165) is 6.07 Å². The van der Waals surface area contributed by atoms with E-state index in [2.05, 4.69) is 31.9 Å². The maximum atomic E-state index is 12.7. The lowest BCUT2D eigenvalue weighted by molar-refractivity contribution is -0.139. The molecule has 0 fully saturated rings. The monoisotopic (exact) mass is 408 g/mol. The molecule has 1 aromatic rings. The van der Waals surface area contributed by atoms with Crippen LogP contribution in [-0.4, -0.2) is 11.7 Å². The molecule has 1 rings (SSSR count). The number of hydrogen-bond donors (Lipinski definition) is 1. The summed E-state index contributed by atoms with van der Waals surface area (Å²) in [7, 11) is 0. The average Bonchev–Trinajstić information content (AvgIpc) is 2.20. The zero-order chi connectivity index (χ0) is 13.9. The van der Waals surface area contributed by atoms with Crippen molar-refractivity contribution in [3.63, 3.8) is 0 Å². The van der Waals surface area contributed by atoms with Gasteiger partial charge in [-0.05, 0) is 44.0 Å². The highest BCUT2D eigenvalue weighted by atomic mass is 79.9. The minimum atomic E-state index is -4.63. The lowest BCUT2D eigenvalue weighted by Gasteiger charge is -2.14. The summed E-state index contributed by atoms with van der Waals surface area (Å²) in [5, 5.41) is 8.98. The molecule has 0 aliphatic carbocycles. The van der Waals surface area contributed by atoms with Gasteiger partial charge in [-0.3, -0.25) is 0 Å². The molecule has 0 atom stereocenters. The van der Waals surface area contributed by atoms with Crippen LogP contribution in [0.5, 0.6) is 11.5 Å². The average molecular weight is 410 g/mol. The van der Waals surface area contributed by atoms with E-state index < -0.39 is 23.2 Å². The number of rotatable bonds is 3. The van der Waals surface area contributed by atoms with Crippen LogP contribution in [-0.2, 0) is 6.18 Å². The number of benzene rings is 1. The van der Waals surface area contributed by atoms with Gasteiger partial charge >= 0.3 is 6.18 Å². The summed E-state index contributed by atoms with van der Waals surface area (Å²) in [5.74, 6) is -1.09. The fraction of sp³-hybridized carbons (Fsp3) is 0.200. The summed E-state index contributed by atoms with van der Waals surface area (Å²) in [4.78, 5) is 0. The Labute approximate surface area is 123 Å². The molecule has 2 nitrogen and oxygen atoms in total. The molecular weight excluding hydrogens is 404 g/mol. The Kier molecular flexibility index (Phi) is 5.36. The molecule has 0 saturated carbocycles. The van der Waals surface area contributed by atoms with Crippen molar-refractivity contribution < 1.29 is 23.0 Å². The van der Waals surface area contributed by atoms with Crippen LogP contribution in [0.15, 0.2) is 21.6 Å². The third-order valence-corrected chi connectivity index (χ3v) is 2.78. The summed E-state index contributed by atoms with van der Waals surface area (Å²) < 4.78 is 43.5. The van der Waals surface area contributed by atoms with Crippen molar-refractivity contribution in [3.05, 3.63) is 32.2 Å². The minimum Gasteiger partial charge on any atom is -0.506 e. The van der Waals surface area contributed by atoms with Crippen LogP contribution in [0.3, 0.4) is 0 Å². The van der Waals surface area contributed by atoms with Crippen LogP contribution in [0.25, 0.3) is 0 Å². The first-order valence-corrected chi connectivity index (χ1v) is 6.42. The van der Waals surface area contributed by atoms with Gasteiger partial charge in [0.05, 0.1) is 8.41 Å². The van der Waals surface area contributed by atoms with Crippen molar-refractivity contribution in [2.24, 2.45) is 0 Å². The number of aromatic hydroxyl groups is 1. The number of phenolic OH excluding ortho intramolecular Hbond substituents is 1. The highest BCUT2D eigenvalue weighted by Gasteiger charge is 2.35. The van der Waals surface area contributed by atoms with Crippen LogP contribution < -0.4 is 4.74 Å². The van der Waals surface area contributed by atoms with Crippen LogP contribution in [0.2, 0.25) is 5.02 Å². The second kappa shape index (κ2) is 6.16. The van der Waals surface area contributed by atoms with Gasteiger partial charge in [0.15, 0.2) is 0 Å². The summed E-state index contributed by atoms with van der Waals surface area (Å²) in [5.41, 5.74) is -1.08. The SMILES string of the molecule is Oc1cc(C(F)(F)F)c(OCC=C(Br)Br)cc1Cl. The molecule has 0 radical (unpaired) electrons. The van der Waals surface area contributed by atoms with Crippen molar-refractivity contribution in [2.45, 2.75) is 6.18 Å². The predicted octanol–water partition coefficient (Wildman–Crippen LogP) is 5.07. The van der Waals surface area contributed by atoms with E-state index in [1.807, 2.05) is 0 Å². The molecule has 0 aliphatic rings. The molecular formula is C10H6Br2ClF3O2. The molecule has 0 spiro atoms. The number of phenols is 1. The number of ether oxygens (including phenoxy) is 1. The summed E-state index contributed by atoms with van der Waals surface area (Å²) in [6.45, 7) is -0.0873. The minimum absolute atomic E-state index is 0.0873. The number of hydrogen-bond acceptors (Lipinski definition) is 2. The van der Waals surface area contributed by atoms with Crippen LogP contribution in [0, 0.1) is 0 Å². The van der Waals surface area contributed by atoms with Crippen molar-refractivity contribution in [1.82, 2.24) is 0 Å². The zero-order valence-electron chi connectivity index (χ0n) is 8.56. The van der Waals surface area contributed by atoms with Gasteiger partial charge in [-0.15, -0.1) is 0 Å². The Balaban J connectivity index is 3.08. The highest BCUT2D eigenvalue weighted by molar-refractivity contribution is 9.28. The van der Waals surface area contributed by atoms with Crippen LogP contribution in [0.4, 0.5) is 13.2 Å². The van der Waals surface area contributed by atoms with Crippen molar-refractivity contribution >= 4 is 43.5 Å². The van der Waals surface area contributed by atoms with Gasteiger partial charge in [0.2, 0.25) is 0 Å². The molecule has 0 aliphatic heterocycles. The smallest absolute Gasteiger partial charge is 0.420 e. The predicted molar refractivity (Wildman–Crippen MR) is 69.6 cm³/mol. The lowest BCUT2D eigenvalue weighted by Crippen LogP contribution is -2.09. The maximum Gasteiger partial charge on any atom is 0.420 e. The van der Waals surface area contributed by atoms with E-state index in [1.165, 1.54) is 6.08 Å². The second-order valence-electron chi connectivity index (χ2n) is 3.10. The van der Waals surface area contributed by atoms with Gasteiger partial charge in [-0.1, -0.05) is 11.6 Å². The maximum absolute atomic E-state index is 12.7. The topological polar surface area (TPSA) is 29.5 Å². The Morgan fingerprint density at radius 2 is 2.00 bits per heavy atom. The highest BCUT2D eigenvalue weighted by Crippen LogP contribution is 2.41. The van der Waals surface area contributed by atoms with E-state index in [4.69, 9.17) is 16.3 Å². The molecule has 0 amide bonds. The van der Waals surface area contributed by atoms with E-state index >= 15 is 0 Å².